The van der Waals surface area contributed by atoms with E-state index in [9.17, 15) is 22.8 Å². The van der Waals surface area contributed by atoms with E-state index in [0.29, 0.717) is 22.7 Å². The van der Waals surface area contributed by atoms with E-state index in [4.69, 9.17) is 0 Å². The zero-order valence-electron chi connectivity index (χ0n) is 16.0. The number of ketones is 1. The molecule has 1 aromatic rings. The van der Waals surface area contributed by atoms with Crippen molar-refractivity contribution in [3.8, 4) is 0 Å². The number of hydrogen-bond donors (Lipinski definition) is 2. The van der Waals surface area contributed by atoms with Gasteiger partial charge in [-0.2, -0.15) is 0 Å². The van der Waals surface area contributed by atoms with Crippen molar-refractivity contribution in [2.24, 2.45) is 23.2 Å². The third-order valence-electron chi connectivity index (χ3n) is 6.86. The minimum atomic E-state index is -1.62. The molecule has 7 heteroatoms. The number of carbonyl (C=O) groups is 2. The van der Waals surface area contributed by atoms with Gasteiger partial charge in [0.05, 0.1) is 12.7 Å². The fourth-order valence-electron chi connectivity index (χ4n) is 6.07. The largest absolute Gasteiger partial charge is 0.323 e. The Morgan fingerprint density at radius 2 is 1.57 bits per heavy atom. The van der Waals surface area contributed by atoms with Gasteiger partial charge in [-0.3, -0.25) is 9.59 Å². The van der Waals surface area contributed by atoms with Gasteiger partial charge in [0.2, 0.25) is 0 Å². The van der Waals surface area contributed by atoms with E-state index in [1.165, 1.54) is 19.3 Å². The van der Waals surface area contributed by atoms with Crippen molar-refractivity contribution in [1.82, 2.24) is 0 Å². The van der Waals surface area contributed by atoms with E-state index in [1.807, 2.05) is 0 Å². The molecule has 4 bridgehead atoms. The number of rotatable bonds is 6. The summed E-state index contributed by atoms with van der Waals surface area (Å²) in [6.45, 7) is 0.205. The van der Waals surface area contributed by atoms with Crippen molar-refractivity contribution in [2.75, 3.05) is 25.5 Å². The van der Waals surface area contributed by atoms with Crippen LogP contribution < -0.4 is 10.2 Å². The summed E-state index contributed by atoms with van der Waals surface area (Å²) >= 11 is 0. The zero-order chi connectivity index (χ0) is 20.1. The van der Waals surface area contributed by atoms with Crippen LogP contribution in [0, 0.1) is 40.6 Å². The molecule has 5 rings (SSSR count). The van der Waals surface area contributed by atoms with Crippen molar-refractivity contribution < 1.29 is 27.7 Å². The number of nitrogens with one attached hydrogen (secondary N) is 2. The third kappa shape index (κ3) is 3.56. The Labute approximate surface area is 162 Å². The maximum absolute atomic E-state index is 13.7. The normalized spacial score (nSPS) is 31.6. The van der Waals surface area contributed by atoms with Crippen molar-refractivity contribution in [1.29, 1.82) is 0 Å². The summed E-state index contributed by atoms with van der Waals surface area (Å²) in [6, 6.07) is 1.75. The van der Waals surface area contributed by atoms with E-state index in [-0.39, 0.29) is 24.3 Å². The van der Waals surface area contributed by atoms with Gasteiger partial charge in [-0.05, 0) is 68.4 Å². The summed E-state index contributed by atoms with van der Waals surface area (Å²) in [7, 11) is 1.75. The Balaban J connectivity index is 1.34. The Kier molecular flexibility index (Phi) is 4.98. The Morgan fingerprint density at radius 1 is 1.00 bits per heavy atom. The number of anilines is 1. The van der Waals surface area contributed by atoms with Crippen LogP contribution in [0.25, 0.3) is 0 Å². The standard InChI is InChI=1S/C21H25F3N2O2/c1-26(11-18(28)25-16-3-2-15(22)19(23)20(16)24)10-17(27)21-7-12-4-13(8-21)6-14(5-12)9-21/h2-3,12-14H,4-11H2,1H3,(H,25,28)/p+1. The number of amides is 1. The number of carbonyl (C=O) groups excluding carboxylic acids is 2. The highest BCUT2D eigenvalue weighted by Crippen LogP contribution is 2.60. The smallest absolute Gasteiger partial charge is 0.279 e. The number of likely N-dealkylation sites (N-methyl/N-ethyl adjacent to an activating group) is 1. The monoisotopic (exact) mass is 395 g/mol. The van der Waals surface area contributed by atoms with Crippen LogP contribution in [-0.2, 0) is 9.59 Å². The van der Waals surface area contributed by atoms with Crippen LogP contribution in [0.15, 0.2) is 12.1 Å². The maximum atomic E-state index is 13.7. The van der Waals surface area contributed by atoms with Crippen molar-refractivity contribution in [3.05, 3.63) is 29.6 Å². The first kappa shape index (κ1) is 19.4. The number of Topliss-reactive ketones (excluding diaryl/α,β-unsaturated/α-hetero) is 1. The molecule has 0 radical (unpaired) electrons. The van der Waals surface area contributed by atoms with E-state index in [2.05, 4.69) is 5.32 Å². The van der Waals surface area contributed by atoms with Crippen molar-refractivity contribution in [3.63, 3.8) is 0 Å². The summed E-state index contributed by atoms with van der Waals surface area (Å²) in [6.07, 6.45) is 6.73. The van der Waals surface area contributed by atoms with E-state index >= 15 is 0 Å². The molecule has 2 N–H and O–H groups in total. The van der Waals surface area contributed by atoms with Crippen LogP contribution in [0.5, 0.6) is 0 Å². The van der Waals surface area contributed by atoms with E-state index < -0.39 is 29.0 Å². The number of hydrogen-bond acceptors (Lipinski definition) is 2. The molecule has 4 fully saturated rings. The minimum absolute atomic E-state index is 0.0451. The van der Waals surface area contributed by atoms with Crippen LogP contribution in [0.1, 0.15) is 38.5 Å². The number of benzene rings is 1. The topological polar surface area (TPSA) is 50.6 Å². The molecule has 4 nitrogen and oxygen atoms in total. The predicted molar refractivity (Wildman–Crippen MR) is 97.2 cm³/mol. The van der Waals surface area contributed by atoms with Gasteiger partial charge in [-0.15, -0.1) is 0 Å². The molecule has 1 aromatic carbocycles. The van der Waals surface area contributed by atoms with Gasteiger partial charge < -0.3 is 10.2 Å². The van der Waals surface area contributed by atoms with Crippen LogP contribution in [0.3, 0.4) is 0 Å². The molecular formula is C21H26F3N2O2+. The zero-order valence-corrected chi connectivity index (χ0v) is 16.0. The molecule has 4 saturated carbocycles. The lowest BCUT2D eigenvalue weighted by molar-refractivity contribution is -0.862. The second-order valence-corrected chi connectivity index (χ2v) is 9.20. The van der Waals surface area contributed by atoms with Gasteiger partial charge in [0, 0.05) is 5.41 Å². The minimum Gasteiger partial charge on any atom is -0.323 e. The highest BCUT2D eigenvalue weighted by Gasteiger charge is 2.54. The lowest BCUT2D eigenvalue weighted by atomic mass is 9.48. The first-order valence-corrected chi connectivity index (χ1v) is 10.0. The molecular weight excluding hydrogens is 369 g/mol. The van der Waals surface area contributed by atoms with Crippen molar-refractivity contribution >= 4 is 17.4 Å². The van der Waals surface area contributed by atoms with E-state index in [0.717, 1.165) is 31.4 Å². The molecule has 1 atom stereocenters. The molecule has 152 valence electrons. The summed E-state index contributed by atoms with van der Waals surface area (Å²) in [5.74, 6) is -2.62. The van der Waals surface area contributed by atoms with Gasteiger partial charge in [0.15, 0.2) is 29.8 Å². The Bertz CT molecular complexity index is 776. The second kappa shape index (κ2) is 7.17. The molecule has 28 heavy (non-hydrogen) atoms. The van der Waals surface area contributed by atoms with Gasteiger partial charge in [-0.25, -0.2) is 13.2 Å². The fourth-order valence-corrected chi connectivity index (χ4v) is 6.07. The molecule has 1 amide bonds. The third-order valence-corrected chi connectivity index (χ3v) is 6.86. The lowest BCUT2D eigenvalue weighted by Gasteiger charge is -2.55. The van der Waals surface area contributed by atoms with Crippen LogP contribution >= 0.6 is 0 Å². The first-order chi connectivity index (χ1) is 13.3. The van der Waals surface area contributed by atoms with Gasteiger partial charge in [0.25, 0.3) is 5.91 Å². The van der Waals surface area contributed by atoms with Gasteiger partial charge in [-0.1, -0.05) is 0 Å². The van der Waals surface area contributed by atoms with Crippen LogP contribution in [0.2, 0.25) is 0 Å². The highest BCUT2D eigenvalue weighted by molar-refractivity contribution is 5.92. The maximum Gasteiger partial charge on any atom is 0.279 e. The lowest BCUT2D eigenvalue weighted by Crippen LogP contribution is -3.11. The summed E-state index contributed by atoms with van der Waals surface area (Å²) in [5.41, 5.74) is -0.609. The summed E-state index contributed by atoms with van der Waals surface area (Å²) < 4.78 is 40.0. The summed E-state index contributed by atoms with van der Waals surface area (Å²) in [5, 5.41) is 2.27. The Morgan fingerprint density at radius 3 is 2.14 bits per heavy atom. The SMILES string of the molecule is C[NH+](CC(=O)Nc1ccc(F)c(F)c1F)CC(=O)C12CC3CC(CC(C3)C1)C2. The predicted octanol–water partition coefficient (Wildman–Crippen LogP) is 2.34. The molecule has 0 heterocycles. The molecule has 0 saturated heterocycles. The molecule has 0 aromatic heterocycles. The summed E-state index contributed by atoms with van der Waals surface area (Å²) in [4.78, 5) is 26.0. The molecule has 0 spiro atoms. The molecule has 0 aliphatic heterocycles. The number of quaternary nitrogens is 1. The average molecular weight is 395 g/mol. The van der Waals surface area contributed by atoms with E-state index in [1.54, 1.807) is 7.05 Å². The fraction of sp³-hybridized carbons (Fsp3) is 0.619. The van der Waals surface area contributed by atoms with Crippen molar-refractivity contribution in [2.45, 2.75) is 38.5 Å². The molecule has 1 unspecified atom stereocenters. The molecule has 4 aliphatic rings. The number of halogens is 3. The Hall–Kier alpha value is -1.89. The quantitative estimate of drug-likeness (QED) is 0.727. The van der Waals surface area contributed by atoms with Gasteiger partial charge >= 0.3 is 0 Å². The highest BCUT2D eigenvalue weighted by atomic mass is 19.2. The second-order valence-electron chi connectivity index (χ2n) is 9.20. The van der Waals surface area contributed by atoms with Gasteiger partial charge in [0.1, 0.15) is 6.54 Å². The van der Waals surface area contributed by atoms with Crippen LogP contribution in [-0.4, -0.2) is 31.8 Å². The molecule has 4 aliphatic carbocycles. The average Bonchev–Trinajstić information content (AvgIpc) is 2.61. The first-order valence-electron chi connectivity index (χ1n) is 10.0. The van der Waals surface area contributed by atoms with Crippen LogP contribution in [0.4, 0.5) is 18.9 Å².